The molecule has 2 unspecified atom stereocenters. The molecule has 114 valence electrons. The Hall–Kier alpha value is -2.10. The Kier molecular flexibility index (Phi) is 3.45. The van der Waals surface area contributed by atoms with E-state index in [2.05, 4.69) is 34.7 Å². The average Bonchev–Trinajstić information content (AvgIpc) is 3.10. The van der Waals surface area contributed by atoms with Crippen LogP contribution in [0.25, 0.3) is 0 Å². The van der Waals surface area contributed by atoms with Crippen molar-refractivity contribution in [3.63, 3.8) is 0 Å². The summed E-state index contributed by atoms with van der Waals surface area (Å²) >= 11 is 0. The third-order valence-electron chi connectivity index (χ3n) is 4.78. The number of nitrogens with one attached hydrogen (secondary N) is 1. The fourth-order valence-corrected chi connectivity index (χ4v) is 3.36. The van der Waals surface area contributed by atoms with Crippen LogP contribution >= 0.6 is 0 Å². The highest BCUT2D eigenvalue weighted by Gasteiger charge is 2.30. The van der Waals surface area contributed by atoms with Crippen molar-refractivity contribution in [2.45, 2.75) is 50.0 Å². The van der Waals surface area contributed by atoms with Crippen LogP contribution in [-0.4, -0.2) is 17.1 Å². The zero-order valence-corrected chi connectivity index (χ0v) is 12.5. The molecule has 2 atom stereocenters. The lowest BCUT2D eigenvalue weighted by Crippen LogP contribution is -2.33. The minimum Gasteiger partial charge on any atom is -0.360 e. The summed E-state index contributed by atoms with van der Waals surface area (Å²) in [5, 5.41) is 7.02. The second-order valence-corrected chi connectivity index (χ2v) is 6.48. The summed E-state index contributed by atoms with van der Waals surface area (Å²) in [5.74, 6) is 1.79. The van der Waals surface area contributed by atoms with Crippen LogP contribution < -0.4 is 5.32 Å². The monoisotopic (exact) mass is 296 g/mol. The number of aromatic nitrogens is 1. The number of hydrogen-bond acceptors (Lipinski definition) is 3. The fraction of sp³-hybridized carbons (Fsp3) is 0.444. The first kappa shape index (κ1) is 13.6. The van der Waals surface area contributed by atoms with Crippen molar-refractivity contribution in [1.82, 2.24) is 10.5 Å². The molecule has 0 bridgehead atoms. The molecule has 0 spiro atoms. The number of carbonyl (C=O) groups is 1. The molecule has 2 fully saturated rings. The maximum atomic E-state index is 12.3. The minimum atomic E-state index is -0.102. The van der Waals surface area contributed by atoms with Crippen molar-refractivity contribution < 1.29 is 9.32 Å². The Morgan fingerprint density at radius 1 is 1.09 bits per heavy atom. The lowest BCUT2D eigenvalue weighted by atomic mass is 9.98. The second-order valence-electron chi connectivity index (χ2n) is 6.48. The lowest BCUT2D eigenvalue weighted by Gasteiger charge is -2.12. The predicted molar refractivity (Wildman–Crippen MR) is 82.8 cm³/mol. The molecule has 1 aromatic carbocycles. The molecule has 1 heterocycles. The van der Waals surface area contributed by atoms with Crippen molar-refractivity contribution in [1.29, 1.82) is 0 Å². The molecule has 2 aliphatic rings. The molecule has 0 saturated heterocycles. The quantitative estimate of drug-likeness (QED) is 0.937. The Morgan fingerprint density at radius 3 is 2.64 bits per heavy atom. The molecule has 4 rings (SSSR count). The summed E-state index contributed by atoms with van der Waals surface area (Å²) in [7, 11) is 0. The summed E-state index contributed by atoms with van der Waals surface area (Å²) in [6.45, 7) is 0. The van der Waals surface area contributed by atoms with E-state index in [1.807, 2.05) is 6.07 Å². The summed E-state index contributed by atoms with van der Waals surface area (Å²) < 4.78 is 5.25. The third kappa shape index (κ3) is 2.78. The molecule has 0 aliphatic heterocycles. The number of amides is 1. The van der Waals surface area contributed by atoms with Crippen LogP contribution in [0.3, 0.4) is 0 Å². The van der Waals surface area contributed by atoms with Gasteiger partial charge in [0, 0.05) is 18.0 Å². The lowest BCUT2D eigenvalue weighted by molar-refractivity contribution is 0.0928. The van der Waals surface area contributed by atoms with Gasteiger partial charge in [-0.15, -0.1) is 0 Å². The van der Waals surface area contributed by atoms with E-state index in [-0.39, 0.29) is 11.9 Å². The van der Waals surface area contributed by atoms with Crippen LogP contribution in [0.4, 0.5) is 0 Å². The van der Waals surface area contributed by atoms with Crippen LogP contribution in [-0.2, 0) is 0 Å². The van der Waals surface area contributed by atoms with E-state index in [9.17, 15) is 4.79 Å². The largest absolute Gasteiger partial charge is 0.360 e. The number of nitrogens with zero attached hydrogens (tertiary/aromatic N) is 1. The molecule has 1 amide bonds. The topological polar surface area (TPSA) is 55.1 Å². The van der Waals surface area contributed by atoms with Gasteiger partial charge in [0.05, 0.1) is 0 Å². The van der Waals surface area contributed by atoms with Gasteiger partial charge < -0.3 is 9.84 Å². The van der Waals surface area contributed by atoms with Crippen molar-refractivity contribution >= 4 is 5.91 Å². The van der Waals surface area contributed by atoms with Crippen molar-refractivity contribution in [3.8, 4) is 0 Å². The zero-order valence-electron chi connectivity index (χ0n) is 12.5. The average molecular weight is 296 g/mol. The van der Waals surface area contributed by atoms with E-state index in [1.54, 1.807) is 6.07 Å². The summed E-state index contributed by atoms with van der Waals surface area (Å²) in [6.07, 6.45) is 5.46. The van der Waals surface area contributed by atoms with Gasteiger partial charge in [0.15, 0.2) is 5.69 Å². The van der Waals surface area contributed by atoms with E-state index < -0.39 is 0 Å². The van der Waals surface area contributed by atoms with Crippen LogP contribution in [0.2, 0.25) is 0 Å². The highest BCUT2D eigenvalue weighted by Crippen LogP contribution is 2.40. The van der Waals surface area contributed by atoms with Gasteiger partial charge in [0.2, 0.25) is 0 Å². The summed E-state index contributed by atoms with van der Waals surface area (Å²) in [4.78, 5) is 12.3. The molecule has 2 saturated carbocycles. The Bertz CT molecular complexity index is 661. The molecule has 2 aromatic rings. The Morgan fingerprint density at radius 2 is 1.86 bits per heavy atom. The molecular formula is C18H20N2O2. The summed E-state index contributed by atoms with van der Waals surface area (Å²) in [5.41, 5.74) is 1.79. The highest BCUT2D eigenvalue weighted by molar-refractivity contribution is 5.92. The van der Waals surface area contributed by atoms with E-state index in [0.717, 1.165) is 37.9 Å². The zero-order chi connectivity index (χ0) is 14.9. The Labute approximate surface area is 129 Å². The number of carbonyl (C=O) groups excluding carboxylic acids is 1. The number of hydrogen-bond donors (Lipinski definition) is 1. The maximum Gasteiger partial charge on any atom is 0.273 e. The molecule has 22 heavy (non-hydrogen) atoms. The Balaban J connectivity index is 1.36. The van der Waals surface area contributed by atoms with E-state index in [0.29, 0.717) is 17.5 Å². The molecule has 0 radical (unpaired) electrons. The molecule has 2 aliphatic carbocycles. The predicted octanol–water partition coefficient (Wildman–Crippen LogP) is 3.62. The second kappa shape index (κ2) is 5.59. The van der Waals surface area contributed by atoms with Crippen molar-refractivity contribution in [3.05, 3.63) is 53.4 Å². The van der Waals surface area contributed by atoms with Gasteiger partial charge in [-0.25, -0.2) is 0 Å². The van der Waals surface area contributed by atoms with Gasteiger partial charge in [-0.05, 0) is 43.6 Å². The van der Waals surface area contributed by atoms with E-state index in [4.69, 9.17) is 4.52 Å². The smallest absolute Gasteiger partial charge is 0.273 e. The number of benzene rings is 1. The van der Waals surface area contributed by atoms with Gasteiger partial charge in [0.1, 0.15) is 5.76 Å². The summed E-state index contributed by atoms with van der Waals surface area (Å²) in [6, 6.07) is 12.6. The van der Waals surface area contributed by atoms with Crippen LogP contribution in [0.5, 0.6) is 0 Å². The van der Waals surface area contributed by atoms with Crippen LogP contribution in [0.1, 0.15) is 65.8 Å². The van der Waals surface area contributed by atoms with Crippen LogP contribution in [0.15, 0.2) is 40.9 Å². The first-order valence-corrected chi connectivity index (χ1v) is 8.12. The van der Waals surface area contributed by atoms with Gasteiger partial charge in [0.25, 0.3) is 5.91 Å². The number of rotatable bonds is 4. The normalized spacial score (nSPS) is 24.4. The van der Waals surface area contributed by atoms with Crippen molar-refractivity contribution in [2.75, 3.05) is 0 Å². The van der Waals surface area contributed by atoms with Gasteiger partial charge in [-0.2, -0.15) is 0 Å². The first-order valence-electron chi connectivity index (χ1n) is 8.12. The van der Waals surface area contributed by atoms with Crippen molar-refractivity contribution in [2.24, 2.45) is 0 Å². The fourth-order valence-electron chi connectivity index (χ4n) is 3.36. The third-order valence-corrected chi connectivity index (χ3v) is 4.78. The molecule has 4 nitrogen and oxygen atoms in total. The molecule has 1 aromatic heterocycles. The molecular weight excluding hydrogens is 276 g/mol. The van der Waals surface area contributed by atoms with E-state index >= 15 is 0 Å². The van der Waals surface area contributed by atoms with Gasteiger partial charge in [-0.1, -0.05) is 35.5 Å². The SMILES string of the molecule is O=C(NC1CCC(c2ccccc2)C1)c1cc(C2CC2)on1. The first-order chi connectivity index (χ1) is 10.8. The maximum absolute atomic E-state index is 12.3. The van der Waals surface area contributed by atoms with E-state index in [1.165, 1.54) is 5.56 Å². The highest BCUT2D eigenvalue weighted by atomic mass is 16.5. The molecule has 1 N–H and O–H groups in total. The minimum absolute atomic E-state index is 0.102. The van der Waals surface area contributed by atoms with Gasteiger partial charge in [-0.3, -0.25) is 4.79 Å². The van der Waals surface area contributed by atoms with Gasteiger partial charge >= 0.3 is 0 Å². The standard InChI is InChI=1S/C18H20N2O2/c21-18(16-11-17(22-20-16)13-6-7-13)19-15-9-8-14(10-15)12-4-2-1-3-5-12/h1-5,11,13-15H,6-10H2,(H,19,21). The molecule has 4 heteroatoms. The van der Waals surface area contributed by atoms with Crippen LogP contribution in [0, 0.1) is 0 Å².